The predicted octanol–water partition coefficient (Wildman–Crippen LogP) is 0.752. The van der Waals surface area contributed by atoms with Crippen molar-refractivity contribution in [3.05, 3.63) is 11.6 Å². The lowest BCUT2D eigenvalue weighted by Gasteiger charge is -2.32. The summed E-state index contributed by atoms with van der Waals surface area (Å²) in [5, 5.41) is 19.8. The zero-order chi connectivity index (χ0) is 15.5. The Bertz CT molecular complexity index is 530. The molecule has 0 spiro atoms. The van der Waals surface area contributed by atoms with Crippen LogP contribution in [0.25, 0.3) is 0 Å². The molecule has 2 amide bonds. The maximum absolute atomic E-state index is 12.2. The van der Waals surface area contributed by atoms with Gasteiger partial charge in [0.25, 0.3) is 0 Å². The van der Waals surface area contributed by atoms with Gasteiger partial charge in [-0.2, -0.15) is 5.10 Å². The van der Waals surface area contributed by atoms with E-state index in [-0.39, 0.29) is 30.6 Å². The highest BCUT2D eigenvalue weighted by Gasteiger charge is 2.27. The SMILES string of the molecule is Cc1nc2n(n1)CC(NC(=O)NC1CCCCC1CO)CC2. The minimum atomic E-state index is -0.129. The minimum Gasteiger partial charge on any atom is -0.396 e. The fraction of sp³-hybridized carbons (Fsp3) is 0.800. The van der Waals surface area contributed by atoms with Gasteiger partial charge >= 0.3 is 6.03 Å². The van der Waals surface area contributed by atoms with Gasteiger partial charge in [0.05, 0.1) is 12.6 Å². The van der Waals surface area contributed by atoms with E-state index in [2.05, 4.69) is 20.7 Å². The summed E-state index contributed by atoms with van der Waals surface area (Å²) in [6, 6.07) is 0.0481. The van der Waals surface area contributed by atoms with E-state index in [0.717, 1.165) is 50.2 Å². The third-order valence-corrected chi connectivity index (χ3v) is 4.76. The van der Waals surface area contributed by atoms with Crippen molar-refractivity contribution >= 4 is 6.03 Å². The van der Waals surface area contributed by atoms with Crippen LogP contribution in [-0.4, -0.2) is 44.6 Å². The Labute approximate surface area is 130 Å². The van der Waals surface area contributed by atoms with Gasteiger partial charge in [-0.25, -0.2) is 14.5 Å². The average molecular weight is 307 g/mol. The van der Waals surface area contributed by atoms with Crippen LogP contribution in [0.3, 0.4) is 0 Å². The molecule has 0 bridgehead atoms. The summed E-state index contributed by atoms with van der Waals surface area (Å²) < 4.78 is 1.89. The molecule has 3 atom stereocenters. The lowest BCUT2D eigenvalue weighted by molar-refractivity contribution is 0.152. The van der Waals surface area contributed by atoms with E-state index >= 15 is 0 Å². The van der Waals surface area contributed by atoms with E-state index in [4.69, 9.17) is 0 Å². The molecule has 3 N–H and O–H groups in total. The number of nitrogens with one attached hydrogen (secondary N) is 2. The predicted molar refractivity (Wildman–Crippen MR) is 81.4 cm³/mol. The summed E-state index contributed by atoms with van der Waals surface area (Å²) in [4.78, 5) is 16.6. The molecule has 7 nitrogen and oxygen atoms in total. The van der Waals surface area contributed by atoms with Crippen LogP contribution >= 0.6 is 0 Å². The van der Waals surface area contributed by atoms with Crippen LogP contribution in [0.2, 0.25) is 0 Å². The molecular weight excluding hydrogens is 282 g/mol. The van der Waals surface area contributed by atoms with E-state index in [0.29, 0.717) is 6.54 Å². The van der Waals surface area contributed by atoms with Crippen molar-refractivity contribution in [3.8, 4) is 0 Å². The summed E-state index contributed by atoms with van der Waals surface area (Å²) in [6.45, 7) is 2.71. The van der Waals surface area contributed by atoms with Gasteiger partial charge in [-0.05, 0) is 26.2 Å². The van der Waals surface area contributed by atoms with E-state index < -0.39 is 0 Å². The fourth-order valence-corrected chi connectivity index (χ4v) is 3.56. The van der Waals surface area contributed by atoms with Crippen LogP contribution in [0, 0.1) is 12.8 Å². The Kier molecular flexibility index (Phi) is 4.61. The summed E-state index contributed by atoms with van der Waals surface area (Å²) in [7, 11) is 0. The number of fused-ring (bicyclic) bond motifs is 1. The molecular formula is C15H25N5O2. The number of hydrogen-bond acceptors (Lipinski definition) is 4. The third-order valence-electron chi connectivity index (χ3n) is 4.76. The first-order chi connectivity index (χ1) is 10.7. The van der Waals surface area contributed by atoms with Crippen molar-refractivity contribution in [1.82, 2.24) is 25.4 Å². The van der Waals surface area contributed by atoms with Crippen molar-refractivity contribution in [2.24, 2.45) is 5.92 Å². The Morgan fingerprint density at radius 1 is 1.32 bits per heavy atom. The molecule has 0 saturated heterocycles. The first-order valence-corrected chi connectivity index (χ1v) is 8.24. The van der Waals surface area contributed by atoms with Crippen LogP contribution in [0.5, 0.6) is 0 Å². The van der Waals surface area contributed by atoms with Crippen LogP contribution in [-0.2, 0) is 13.0 Å². The molecule has 2 heterocycles. The summed E-state index contributed by atoms with van der Waals surface area (Å²) in [6.07, 6.45) is 5.94. The number of urea groups is 1. The van der Waals surface area contributed by atoms with Gasteiger partial charge < -0.3 is 15.7 Å². The monoisotopic (exact) mass is 307 g/mol. The number of aliphatic hydroxyl groups is 1. The van der Waals surface area contributed by atoms with Crippen LogP contribution in [0.4, 0.5) is 4.79 Å². The summed E-state index contributed by atoms with van der Waals surface area (Å²) >= 11 is 0. The Morgan fingerprint density at radius 3 is 2.95 bits per heavy atom. The topological polar surface area (TPSA) is 92.1 Å². The smallest absolute Gasteiger partial charge is 0.315 e. The molecule has 7 heteroatoms. The van der Waals surface area contributed by atoms with Crippen LogP contribution in [0.1, 0.15) is 43.8 Å². The number of aromatic nitrogens is 3. The van der Waals surface area contributed by atoms with Crippen LogP contribution < -0.4 is 10.6 Å². The van der Waals surface area contributed by atoms with Crippen molar-refractivity contribution in [3.63, 3.8) is 0 Å². The molecule has 3 rings (SSSR count). The van der Waals surface area contributed by atoms with E-state index in [1.807, 2.05) is 11.6 Å². The quantitative estimate of drug-likeness (QED) is 0.768. The molecule has 0 aromatic carbocycles. The average Bonchev–Trinajstić information content (AvgIpc) is 2.87. The molecule has 1 aromatic heterocycles. The Hall–Kier alpha value is -1.63. The highest BCUT2D eigenvalue weighted by molar-refractivity contribution is 5.74. The second-order valence-corrected chi connectivity index (χ2v) is 6.44. The molecule has 3 unspecified atom stereocenters. The fourth-order valence-electron chi connectivity index (χ4n) is 3.56. The summed E-state index contributed by atoms with van der Waals surface area (Å²) in [5.41, 5.74) is 0. The third kappa shape index (κ3) is 3.40. The first-order valence-electron chi connectivity index (χ1n) is 8.24. The van der Waals surface area contributed by atoms with Crippen molar-refractivity contribution in [2.75, 3.05) is 6.61 Å². The number of hydrogen-bond donors (Lipinski definition) is 3. The lowest BCUT2D eigenvalue weighted by Crippen LogP contribution is -2.51. The van der Waals surface area contributed by atoms with Gasteiger partial charge in [0.2, 0.25) is 0 Å². The Balaban J connectivity index is 1.52. The minimum absolute atomic E-state index is 0.0877. The number of nitrogens with zero attached hydrogens (tertiary/aromatic N) is 3. The van der Waals surface area contributed by atoms with Gasteiger partial charge in [0, 0.05) is 25.0 Å². The number of amides is 2. The van der Waals surface area contributed by atoms with Gasteiger partial charge in [-0.3, -0.25) is 0 Å². The molecule has 1 aromatic rings. The normalized spacial score (nSPS) is 28.0. The molecule has 1 aliphatic carbocycles. The molecule has 1 aliphatic heterocycles. The van der Waals surface area contributed by atoms with E-state index in [9.17, 15) is 9.90 Å². The van der Waals surface area contributed by atoms with Crippen molar-refractivity contribution < 1.29 is 9.90 Å². The maximum Gasteiger partial charge on any atom is 0.315 e. The molecule has 0 radical (unpaired) electrons. The van der Waals surface area contributed by atoms with Crippen molar-refractivity contribution in [1.29, 1.82) is 0 Å². The van der Waals surface area contributed by atoms with Gasteiger partial charge in [0.15, 0.2) is 0 Å². The number of carbonyl (C=O) groups excluding carboxylic acids is 1. The first kappa shape index (κ1) is 15.3. The van der Waals surface area contributed by atoms with E-state index in [1.54, 1.807) is 0 Å². The maximum atomic E-state index is 12.2. The molecule has 122 valence electrons. The molecule has 1 saturated carbocycles. The molecule has 22 heavy (non-hydrogen) atoms. The van der Waals surface area contributed by atoms with Gasteiger partial charge in [-0.1, -0.05) is 12.8 Å². The highest BCUT2D eigenvalue weighted by Crippen LogP contribution is 2.24. The number of carbonyl (C=O) groups is 1. The second kappa shape index (κ2) is 6.64. The standard InChI is InChI=1S/C15H25N5O2/c1-10-16-14-7-6-12(8-20(14)19-10)17-15(22)18-13-5-3-2-4-11(13)9-21/h11-13,21H,2-9H2,1H3,(H2,17,18,22). The molecule has 2 aliphatic rings. The van der Waals surface area contributed by atoms with Gasteiger partial charge in [0.1, 0.15) is 11.6 Å². The zero-order valence-electron chi connectivity index (χ0n) is 13.1. The molecule has 1 fully saturated rings. The van der Waals surface area contributed by atoms with E-state index in [1.165, 1.54) is 0 Å². The number of rotatable bonds is 3. The zero-order valence-corrected chi connectivity index (χ0v) is 13.1. The Morgan fingerprint density at radius 2 is 2.14 bits per heavy atom. The second-order valence-electron chi connectivity index (χ2n) is 6.44. The number of aliphatic hydroxyl groups excluding tert-OH is 1. The largest absolute Gasteiger partial charge is 0.396 e. The van der Waals surface area contributed by atoms with Gasteiger partial charge in [-0.15, -0.1) is 0 Å². The summed E-state index contributed by atoms with van der Waals surface area (Å²) in [5.74, 6) is 1.98. The number of aryl methyl sites for hydroxylation is 2. The highest BCUT2D eigenvalue weighted by atomic mass is 16.3. The lowest BCUT2D eigenvalue weighted by atomic mass is 9.85. The van der Waals surface area contributed by atoms with Crippen molar-refractivity contribution in [2.45, 2.75) is 64.1 Å². The van der Waals surface area contributed by atoms with Crippen LogP contribution in [0.15, 0.2) is 0 Å².